The van der Waals surface area contributed by atoms with Crippen molar-refractivity contribution in [2.24, 2.45) is 0 Å². The van der Waals surface area contributed by atoms with Crippen molar-refractivity contribution in [2.45, 2.75) is 11.5 Å². The summed E-state index contributed by atoms with van der Waals surface area (Å²) in [6.45, 7) is 3.83. The van der Waals surface area contributed by atoms with Crippen molar-refractivity contribution in [3.8, 4) is 6.07 Å². The molecule has 3 nitrogen and oxygen atoms in total. The van der Waals surface area contributed by atoms with Crippen molar-refractivity contribution in [3.05, 3.63) is 82.9 Å². The van der Waals surface area contributed by atoms with Crippen molar-refractivity contribution in [3.63, 3.8) is 0 Å². The van der Waals surface area contributed by atoms with E-state index < -0.39 is 17.5 Å². The number of cyclic esters (lactones) is 1. The first-order valence-corrected chi connectivity index (χ1v) is 7.10. The lowest BCUT2D eigenvalue weighted by molar-refractivity contribution is -0.143. The maximum atomic E-state index is 12.1. The summed E-state index contributed by atoms with van der Waals surface area (Å²) in [5.41, 5.74) is 0.262. The third-order valence-electron chi connectivity index (χ3n) is 3.84. The van der Waals surface area contributed by atoms with Gasteiger partial charge in [0.25, 0.3) is 0 Å². The zero-order valence-electron chi connectivity index (χ0n) is 11.6. The predicted octanol–water partition coefficient (Wildman–Crippen LogP) is 3.96. The fourth-order valence-corrected chi connectivity index (χ4v) is 2.92. The average molecular weight is 310 g/mol. The van der Waals surface area contributed by atoms with Gasteiger partial charge in [-0.3, -0.25) is 0 Å². The number of rotatable bonds is 2. The molecule has 1 heterocycles. The van der Waals surface area contributed by atoms with Crippen LogP contribution in [0.15, 0.2) is 66.7 Å². The van der Waals surface area contributed by atoms with Gasteiger partial charge in [-0.15, -0.1) is 0 Å². The first kappa shape index (κ1) is 14.4. The van der Waals surface area contributed by atoms with E-state index in [1.54, 1.807) is 24.3 Å². The summed E-state index contributed by atoms with van der Waals surface area (Å²) in [5.74, 6) is -1.10. The van der Waals surface area contributed by atoms with Crippen LogP contribution in [0.1, 0.15) is 17.0 Å². The Hall–Kier alpha value is -2.57. The van der Waals surface area contributed by atoms with E-state index in [1.807, 2.05) is 30.3 Å². The van der Waals surface area contributed by atoms with E-state index in [0.29, 0.717) is 10.6 Å². The van der Waals surface area contributed by atoms with Crippen LogP contribution >= 0.6 is 11.6 Å². The van der Waals surface area contributed by atoms with Crippen molar-refractivity contribution in [1.29, 1.82) is 5.26 Å². The van der Waals surface area contributed by atoms with Crippen LogP contribution in [0.5, 0.6) is 0 Å². The predicted molar refractivity (Wildman–Crippen MR) is 83.2 cm³/mol. The molecule has 1 fully saturated rings. The van der Waals surface area contributed by atoms with Gasteiger partial charge in [-0.05, 0) is 17.7 Å². The number of carbonyl (C=O) groups excluding carboxylic acids is 1. The fourth-order valence-electron chi connectivity index (χ4n) is 2.79. The van der Waals surface area contributed by atoms with Crippen LogP contribution in [0.3, 0.4) is 0 Å². The summed E-state index contributed by atoms with van der Waals surface area (Å²) in [5, 5.41) is 10.4. The summed E-state index contributed by atoms with van der Waals surface area (Å²) in [6, 6.07) is 18.2. The van der Waals surface area contributed by atoms with Gasteiger partial charge in [0.05, 0.1) is 5.92 Å². The zero-order chi connectivity index (χ0) is 15.7. The van der Waals surface area contributed by atoms with E-state index in [0.717, 1.165) is 5.56 Å². The molecule has 0 bridgehead atoms. The Morgan fingerprint density at radius 3 is 2.36 bits per heavy atom. The average Bonchev–Trinajstić information content (AvgIpc) is 2.81. The van der Waals surface area contributed by atoms with Gasteiger partial charge < -0.3 is 4.74 Å². The third-order valence-corrected chi connectivity index (χ3v) is 4.09. The smallest absolute Gasteiger partial charge is 0.336 e. The second kappa shape index (κ2) is 5.32. The highest BCUT2D eigenvalue weighted by Gasteiger charge is 2.54. The van der Waals surface area contributed by atoms with E-state index in [2.05, 4.69) is 12.6 Å². The van der Waals surface area contributed by atoms with E-state index >= 15 is 0 Å². The molecule has 1 aliphatic heterocycles. The standard InChI is InChI=1S/C18H12ClNO2/c1-12-16(13-5-3-2-4-6-13)18(11-20,22-17(12)21)14-7-9-15(19)10-8-14/h2-10,16H,1H2. The number of halogens is 1. The second-order valence-corrected chi connectivity index (χ2v) is 5.55. The van der Waals surface area contributed by atoms with E-state index in [9.17, 15) is 10.1 Å². The van der Waals surface area contributed by atoms with Gasteiger partial charge >= 0.3 is 5.97 Å². The normalized spacial score (nSPS) is 23.9. The van der Waals surface area contributed by atoms with Gasteiger partial charge in [-0.2, -0.15) is 5.26 Å². The third kappa shape index (κ3) is 2.09. The number of hydrogen-bond acceptors (Lipinski definition) is 3. The molecule has 2 unspecified atom stereocenters. The number of carbonyl (C=O) groups is 1. The van der Waals surface area contributed by atoms with Crippen LogP contribution < -0.4 is 0 Å². The van der Waals surface area contributed by atoms with Gasteiger partial charge in [0, 0.05) is 16.2 Å². The largest absolute Gasteiger partial charge is 0.435 e. The molecule has 3 rings (SSSR count). The molecule has 0 radical (unpaired) electrons. The monoisotopic (exact) mass is 309 g/mol. The highest BCUT2D eigenvalue weighted by atomic mass is 35.5. The Kier molecular flexibility index (Phi) is 3.48. The first-order chi connectivity index (χ1) is 10.6. The molecule has 108 valence electrons. The van der Waals surface area contributed by atoms with Gasteiger partial charge in [0.1, 0.15) is 6.07 Å². The molecule has 22 heavy (non-hydrogen) atoms. The highest BCUT2D eigenvalue weighted by molar-refractivity contribution is 6.30. The van der Waals surface area contributed by atoms with Gasteiger partial charge in [0.15, 0.2) is 0 Å². The summed E-state index contributed by atoms with van der Waals surface area (Å²) in [4.78, 5) is 12.1. The van der Waals surface area contributed by atoms with E-state index in [4.69, 9.17) is 16.3 Å². The molecule has 0 aliphatic carbocycles. The van der Waals surface area contributed by atoms with Gasteiger partial charge in [-0.1, -0.05) is 60.6 Å². The van der Waals surface area contributed by atoms with Crippen molar-refractivity contribution < 1.29 is 9.53 Å². The number of nitrogens with zero attached hydrogens (tertiary/aromatic N) is 1. The van der Waals surface area contributed by atoms with Crippen LogP contribution in [0, 0.1) is 11.3 Å². The molecule has 1 saturated heterocycles. The molecule has 0 saturated carbocycles. The van der Waals surface area contributed by atoms with Crippen LogP contribution in [0.4, 0.5) is 0 Å². The lowest BCUT2D eigenvalue weighted by Crippen LogP contribution is -2.30. The molecule has 2 aromatic carbocycles. The maximum Gasteiger partial charge on any atom is 0.336 e. The van der Waals surface area contributed by atoms with Crippen molar-refractivity contribution >= 4 is 17.6 Å². The Labute approximate surface area is 133 Å². The Morgan fingerprint density at radius 1 is 1.14 bits per heavy atom. The summed E-state index contributed by atoms with van der Waals surface area (Å²) in [7, 11) is 0. The molecule has 0 spiro atoms. The summed E-state index contributed by atoms with van der Waals surface area (Å²) >= 11 is 5.91. The molecular weight excluding hydrogens is 298 g/mol. The quantitative estimate of drug-likeness (QED) is 0.623. The highest BCUT2D eigenvalue weighted by Crippen LogP contribution is 2.49. The molecular formula is C18H12ClNO2. The maximum absolute atomic E-state index is 12.1. The number of benzene rings is 2. The summed E-state index contributed by atoms with van der Waals surface area (Å²) in [6.07, 6.45) is 0. The number of esters is 1. The topological polar surface area (TPSA) is 50.1 Å². The zero-order valence-corrected chi connectivity index (χ0v) is 12.4. The Morgan fingerprint density at radius 2 is 1.77 bits per heavy atom. The molecule has 0 aromatic heterocycles. The minimum atomic E-state index is -1.42. The Bertz CT molecular complexity index is 777. The van der Waals surface area contributed by atoms with E-state index in [1.165, 1.54) is 0 Å². The van der Waals surface area contributed by atoms with Gasteiger partial charge in [0.2, 0.25) is 5.60 Å². The second-order valence-electron chi connectivity index (χ2n) is 5.11. The molecule has 4 heteroatoms. The minimum absolute atomic E-state index is 0.280. The SMILES string of the molecule is C=C1C(=O)OC(C#N)(c2ccc(Cl)cc2)C1c1ccccc1. The lowest BCUT2D eigenvalue weighted by Gasteiger charge is -2.27. The number of hydrogen-bond donors (Lipinski definition) is 0. The van der Waals surface area contributed by atoms with E-state index in [-0.39, 0.29) is 5.57 Å². The van der Waals surface area contributed by atoms with Crippen molar-refractivity contribution in [1.82, 2.24) is 0 Å². The molecule has 2 atom stereocenters. The molecule has 0 amide bonds. The van der Waals surface area contributed by atoms with Crippen LogP contribution in [-0.2, 0) is 15.1 Å². The first-order valence-electron chi connectivity index (χ1n) is 6.73. The number of nitriles is 1. The fraction of sp³-hybridized carbons (Fsp3) is 0.111. The molecule has 2 aromatic rings. The summed E-state index contributed by atoms with van der Waals surface area (Å²) < 4.78 is 5.46. The minimum Gasteiger partial charge on any atom is -0.435 e. The van der Waals surface area contributed by atoms with Crippen LogP contribution in [-0.4, -0.2) is 5.97 Å². The number of ether oxygens (including phenoxy) is 1. The van der Waals surface area contributed by atoms with Crippen LogP contribution in [0.2, 0.25) is 5.02 Å². The Balaban J connectivity index is 2.20. The van der Waals surface area contributed by atoms with Gasteiger partial charge in [-0.25, -0.2) is 4.79 Å². The lowest BCUT2D eigenvalue weighted by atomic mass is 9.76. The molecule has 1 aliphatic rings. The van der Waals surface area contributed by atoms with Crippen molar-refractivity contribution in [2.75, 3.05) is 0 Å². The molecule has 0 N–H and O–H groups in total. The van der Waals surface area contributed by atoms with Crippen LogP contribution in [0.25, 0.3) is 0 Å².